The number of sulfonamides is 1. The van der Waals surface area contributed by atoms with Crippen molar-refractivity contribution in [3.8, 4) is 5.75 Å². The van der Waals surface area contributed by atoms with E-state index in [1.807, 2.05) is 0 Å². The van der Waals surface area contributed by atoms with Crippen LogP contribution in [0, 0.1) is 0 Å². The molecule has 116 valence electrons. The monoisotopic (exact) mass is 314 g/mol. The Balaban J connectivity index is 1.99. The number of aromatic nitrogens is 1. The minimum Gasteiger partial charge on any atom is -0.495 e. The summed E-state index contributed by atoms with van der Waals surface area (Å²) in [6.45, 7) is 1.99. The third kappa shape index (κ3) is 2.52. The van der Waals surface area contributed by atoms with Crippen molar-refractivity contribution < 1.29 is 22.6 Å². The second kappa shape index (κ2) is 5.53. The number of nitrogens with zero attached hydrogens (tertiary/aromatic N) is 2. The van der Waals surface area contributed by atoms with E-state index in [4.69, 9.17) is 14.2 Å². The Hall–Kier alpha value is -1.22. The molecule has 0 N–H and O–H groups in total. The van der Waals surface area contributed by atoms with Crippen molar-refractivity contribution in [2.75, 3.05) is 40.1 Å². The molecule has 0 aromatic carbocycles. The first-order valence-electron chi connectivity index (χ1n) is 6.76. The molecule has 0 saturated carbocycles. The van der Waals surface area contributed by atoms with Gasteiger partial charge in [0, 0.05) is 25.4 Å². The number of hydrogen-bond acceptors (Lipinski definition) is 6. The van der Waals surface area contributed by atoms with Crippen LogP contribution in [-0.4, -0.2) is 63.3 Å². The topological polar surface area (TPSA) is 78.0 Å². The Morgan fingerprint density at radius 3 is 2.71 bits per heavy atom. The molecule has 0 amide bonds. The van der Waals surface area contributed by atoms with E-state index in [2.05, 4.69) is 4.98 Å². The Morgan fingerprint density at radius 2 is 2.05 bits per heavy atom. The van der Waals surface area contributed by atoms with E-state index in [-0.39, 0.29) is 4.90 Å². The molecule has 1 atom stereocenters. The SMILES string of the molecule is COc1cncc(S(=O)(=O)N2CCOC[C@]23CCOC3)c1. The van der Waals surface area contributed by atoms with Crippen molar-refractivity contribution in [3.63, 3.8) is 0 Å². The van der Waals surface area contributed by atoms with Crippen LogP contribution >= 0.6 is 0 Å². The van der Waals surface area contributed by atoms with Gasteiger partial charge in [-0.05, 0) is 6.42 Å². The first kappa shape index (κ1) is 14.7. The van der Waals surface area contributed by atoms with Crippen LogP contribution in [-0.2, 0) is 19.5 Å². The third-order valence-corrected chi connectivity index (χ3v) is 5.90. The van der Waals surface area contributed by atoms with E-state index in [9.17, 15) is 8.42 Å². The Labute approximate surface area is 123 Å². The van der Waals surface area contributed by atoms with Gasteiger partial charge in [-0.2, -0.15) is 4.31 Å². The summed E-state index contributed by atoms with van der Waals surface area (Å²) in [4.78, 5) is 4.07. The number of methoxy groups -OCH3 is 1. The quantitative estimate of drug-likeness (QED) is 0.797. The molecule has 1 aromatic rings. The molecule has 2 fully saturated rings. The number of hydrogen-bond donors (Lipinski definition) is 0. The fourth-order valence-electron chi connectivity index (χ4n) is 2.78. The fraction of sp³-hybridized carbons (Fsp3) is 0.615. The molecular formula is C13H18N2O5S. The summed E-state index contributed by atoms with van der Waals surface area (Å²) in [6, 6.07) is 1.49. The summed E-state index contributed by atoms with van der Waals surface area (Å²) < 4.78 is 43.3. The zero-order valence-corrected chi connectivity index (χ0v) is 12.6. The zero-order chi connectivity index (χ0) is 14.9. The predicted molar refractivity (Wildman–Crippen MR) is 73.7 cm³/mol. The molecule has 2 saturated heterocycles. The highest BCUT2D eigenvalue weighted by Crippen LogP contribution is 2.34. The van der Waals surface area contributed by atoms with Crippen LogP contribution in [0.2, 0.25) is 0 Å². The lowest BCUT2D eigenvalue weighted by atomic mass is 9.99. The number of ether oxygens (including phenoxy) is 3. The highest BCUT2D eigenvalue weighted by Gasteiger charge is 2.49. The molecule has 2 aliphatic heterocycles. The zero-order valence-electron chi connectivity index (χ0n) is 11.8. The maximum Gasteiger partial charge on any atom is 0.245 e. The van der Waals surface area contributed by atoms with Gasteiger partial charge in [-0.1, -0.05) is 0 Å². The summed E-state index contributed by atoms with van der Waals surface area (Å²) in [7, 11) is -2.17. The smallest absolute Gasteiger partial charge is 0.245 e. The van der Waals surface area contributed by atoms with Crippen LogP contribution in [0.15, 0.2) is 23.4 Å². The van der Waals surface area contributed by atoms with Crippen molar-refractivity contribution in [2.24, 2.45) is 0 Å². The standard InChI is InChI=1S/C13H18N2O5S/c1-18-11-6-12(8-14-7-11)21(16,17)15-3-5-20-10-13(15)2-4-19-9-13/h6-8H,2-5,9-10H2,1H3/t13-/m1/s1. The molecule has 0 radical (unpaired) electrons. The minimum absolute atomic E-state index is 0.134. The Bertz CT molecular complexity index is 613. The molecule has 2 aliphatic rings. The van der Waals surface area contributed by atoms with Crippen molar-refractivity contribution in [3.05, 3.63) is 18.5 Å². The van der Waals surface area contributed by atoms with Gasteiger partial charge in [0.15, 0.2) is 0 Å². The van der Waals surface area contributed by atoms with Crippen molar-refractivity contribution in [2.45, 2.75) is 16.9 Å². The van der Waals surface area contributed by atoms with Crippen LogP contribution in [0.5, 0.6) is 5.75 Å². The average Bonchev–Trinajstić information content (AvgIpc) is 2.96. The molecule has 8 heteroatoms. The van der Waals surface area contributed by atoms with Crippen LogP contribution < -0.4 is 4.74 Å². The lowest BCUT2D eigenvalue weighted by molar-refractivity contribution is -0.0293. The van der Waals surface area contributed by atoms with E-state index in [0.29, 0.717) is 45.1 Å². The first-order chi connectivity index (χ1) is 10.1. The second-order valence-corrected chi connectivity index (χ2v) is 7.08. The largest absolute Gasteiger partial charge is 0.495 e. The number of pyridine rings is 1. The van der Waals surface area contributed by atoms with Crippen molar-refractivity contribution in [1.82, 2.24) is 9.29 Å². The highest BCUT2D eigenvalue weighted by molar-refractivity contribution is 7.89. The minimum atomic E-state index is -3.66. The lowest BCUT2D eigenvalue weighted by Crippen LogP contribution is -2.59. The van der Waals surface area contributed by atoms with Gasteiger partial charge in [-0.25, -0.2) is 8.42 Å². The van der Waals surface area contributed by atoms with Gasteiger partial charge in [-0.3, -0.25) is 4.98 Å². The summed E-state index contributed by atoms with van der Waals surface area (Å²) >= 11 is 0. The van der Waals surface area contributed by atoms with Crippen molar-refractivity contribution in [1.29, 1.82) is 0 Å². The van der Waals surface area contributed by atoms with Gasteiger partial charge < -0.3 is 14.2 Å². The van der Waals surface area contributed by atoms with Gasteiger partial charge in [0.05, 0.1) is 38.7 Å². The summed E-state index contributed by atoms with van der Waals surface area (Å²) in [5.74, 6) is 0.418. The van der Waals surface area contributed by atoms with Gasteiger partial charge in [0.25, 0.3) is 0 Å². The van der Waals surface area contributed by atoms with Crippen LogP contribution in [0.25, 0.3) is 0 Å². The molecule has 0 unspecified atom stereocenters. The Kier molecular flexibility index (Phi) is 3.87. The molecule has 0 aliphatic carbocycles. The molecule has 3 rings (SSSR count). The van der Waals surface area contributed by atoms with E-state index in [1.54, 1.807) is 0 Å². The molecule has 1 aromatic heterocycles. The predicted octanol–water partition coefficient (Wildman–Crippen LogP) is 0.270. The van der Waals surface area contributed by atoms with E-state index in [0.717, 1.165) is 0 Å². The summed E-state index contributed by atoms with van der Waals surface area (Å²) in [6.07, 6.45) is 3.47. The average molecular weight is 314 g/mol. The number of morpholine rings is 1. The maximum absolute atomic E-state index is 12.9. The van der Waals surface area contributed by atoms with Crippen molar-refractivity contribution >= 4 is 10.0 Å². The maximum atomic E-state index is 12.9. The van der Waals surface area contributed by atoms with Gasteiger partial charge in [0.2, 0.25) is 10.0 Å². The van der Waals surface area contributed by atoms with Gasteiger partial charge >= 0.3 is 0 Å². The Morgan fingerprint density at radius 1 is 1.29 bits per heavy atom. The molecule has 21 heavy (non-hydrogen) atoms. The fourth-order valence-corrected chi connectivity index (χ4v) is 4.51. The molecule has 7 nitrogen and oxygen atoms in total. The highest BCUT2D eigenvalue weighted by atomic mass is 32.2. The van der Waals surface area contributed by atoms with E-state index < -0.39 is 15.6 Å². The van der Waals surface area contributed by atoms with Gasteiger partial charge in [-0.15, -0.1) is 0 Å². The molecule has 0 bridgehead atoms. The van der Waals surface area contributed by atoms with E-state index in [1.165, 1.54) is 29.9 Å². The normalized spacial score (nSPS) is 27.1. The molecule has 1 spiro atoms. The summed E-state index contributed by atoms with van der Waals surface area (Å²) in [5, 5.41) is 0. The van der Waals surface area contributed by atoms with Crippen LogP contribution in [0.3, 0.4) is 0 Å². The third-order valence-electron chi connectivity index (χ3n) is 3.93. The first-order valence-corrected chi connectivity index (χ1v) is 8.20. The van der Waals surface area contributed by atoms with Gasteiger partial charge in [0.1, 0.15) is 10.6 Å². The van der Waals surface area contributed by atoms with Crippen LogP contribution in [0.1, 0.15) is 6.42 Å². The molecular weight excluding hydrogens is 296 g/mol. The number of rotatable bonds is 3. The second-order valence-electron chi connectivity index (χ2n) is 5.22. The van der Waals surface area contributed by atoms with E-state index >= 15 is 0 Å². The summed E-state index contributed by atoms with van der Waals surface area (Å²) in [5.41, 5.74) is -0.597. The lowest BCUT2D eigenvalue weighted by Gasteiger charge is -2.42. The van der Waals surface area contributed by atoms with Crippen LogP contribution in [0.4, 0.5) is 0 Å². The molecule has 3 heterocycles.